The van der Waals surface area contributed by atoms with Crippen molar-refractivity contribution < 1.29 is 21.2 Å². The summed E-state index contributed by atoms with van der Waals surface area (Å²) in [5.74, 6) is 0.785. The summed E-state index contributed by atoms with van der Waals surface area (Å²) in [6.07, 6.45) is 3.35. The molecule has 0 aromatic heterocycles. The quantitative estimate of drug-likeness (QED) is 0.271. The molecule has 0 amide bonds. The molecular weight excluding hydrogens is 419 g/mol. The van der Waals surface area contributed by atoms with E-state index in [4.69, 9.17) is 9.98 Å². The van der Waals surface area contributed by atoms with E-state index in [2.05, 4.69) is 63.7 Å². The first-order chi connectivity index (χ1) is 12.1. The van der Waals surface area contributed by atoms with E-state index in [0.717, 1.165) is 33.7 Å². The number of hydrogen-bond acceptors (Lipinski definition) is 1. The van der Waals surface area contributed by atoms with Gasteiger partial charge in [-0.1, -0.05) is 0 Å². The number of aliphatic imine (C=N–C) groups is 2. The molecule has 3 heteroatoms. The van der Waals surface area contributed by atoms with Gasteiger partial charge in [0, 0.05) is 0 Å². The van der Waals surface area contributed by atoms with Crippen LogP contribution >= 0.6 is 0 Å². The second-order valence-corrected chi connectivity index (χ2v) is 8.92. The van der Waals surface area contributed by atoms with Crippen molar-refractivity contribution in [1.82, 2.24) is 0 Å². The van der Waals surface area contributed by atoms with Crippen LogP contribution in [-0.4, -0.2) is 11.5 Å². The fourth-order valence-electron chi connectivity index (χ4n) is 2.32. The summed E-state index contributed by atoms with van der Waals surface area (Å²) in [7, 11) is 0. The molecule has 25 heavy (non-hydrogen) atoms. The van der Waals surface area contributed by atoms with Crippen LogP contribution in [0.1, 0.15) is 44.2 Å². The fourth-order valence-corrected chi connectivity index (χ4v) is 4.33. The monoisotopic (exact) mass is 445 g/mol. The Morgan fingerprint density at radius 1 is 1.00 bits per heavy atom. The van der Waals surface area contributed by atoms with Gasteiger partial charge in [-0.25, -0.2) is 0 Å². The van der Waals surface area contributed by atoms with Gasteiger partial charge >= 0.3 is 162 Å². The van der Waals surface area contributed by atoms with Gasteiger partial charge in [0.2, 0.25) is 0 Å². The average molecular weight is 445 g/mol. The van der Waals surface area contributed by atoms with Crippen LogP contribution in [0.5, 0.6) is 0 Å². The molecule has 2 nitrogen and oxygen atoms in total. The van der Waals surface area contributed by atoms with Crippen LogP contribution in [0.15, 0.2) is 74.9 Å². The van der Waals surface area contributed by atoms with Gasteiger partial charge in [-0.2, -0.15) is 0 Å². The summed E-state index contributed by atoms with van der Waals surface area (Å²) in [6, 6.07) is 18.7. The van der Waals surface area contributed by atoms with E-state index in [9.17, 15) is 0 Å². The van der Waals surface area contributed by atoms with Crippen LogP contribution < -0.4 is 21.2 Å². The molecule has 2 aromatic rings. The Labute approximate surface area is 162 Å². The first kappa shape index (κ1) is 19.6. The van der Waals surface area contributed by atoms with Crippen LogP contribution in [0.3, 0.4) is 0 Å². The SMILES string of the molecule is C=C(/N=C(\N=C(C)CCCC)c1ccccc1)[I-]c1ccccc1C. The molecule has 0 saturated heterocycles. The Bertz CT molecular complexity index is 761. The number of hydrogen-bond donors (Lipinski definition) is 0. The van der Waals surface area contributed by atoms with E-state index < -0.39 is 0 Å². The van der Waals surface area contributed by atoms with E-state index in [1.54, 1.807) is 0 Å². The molecule has 0 heterocycles. The first-order valence-corrected chi connectivity index (χ1v) is 10.8. The molecule has 0 aliphatic carbocycles. The van der Waals surface area contributed by atoms with Gasteiger partial charge in [-0.15, -0.1) is 0 Å². The number of unbranched alkanes of at least 4 members (excludes halogenated alkanes) is 1. The maximum absolute atomic E-state index is 4.81. The number of rotatable bonds is 7. The van der Waals surface area contributed by atoms with Gasteiger partial charge in [0.25, 0.3) is 0 Å². The zero-order valence-corrected chi connectivity index (χ0v) is 17.5. The third-order valence-corrected chi connectivity index (χ3v) is 6.39. The molecule has 0 aliphatic heterocycles. The van der Waals surface area contributed by atoms with Crippen LogP contribution in [-0.2, 0) is 0 Å². The van der Waals surface area contributed by atoms with Crippen molar-refractivity contribution in [1.29, 1.82) is 0 Å². The van der Waals surface area contributed by atoms with E-state index in [1.807, 2.05) is 18.2 Å². The summed E-state index contributed by atoms with van der Waals surface area (Å²) in [6.45, 7) is 10.7. The number of aryl methyl sites for hydroxylation is 1. The molecule has 0 spiro atoms. The average Bonchev–Trinajstić information content (AvgIpc) is 2.62. The molecule has 0 aliphatic rings. The van der Waals surface area contributed by atoms with E-state index in [-0.39, 0.29) is 21.2 Å². The second kappa shape index (κ2) is 10.3. The van der Waals surface area contributed by atoms with Crippen molar-refractivity contribution in [2.24, 2.45) is 9.98 Å². The van der Waals surface area contributed by atoms with Gasteiger partial charge in [-0.05, 0) is 0 Å². The van der Waals surface area contributed by atoms with Gasteiger partial charge in [-0.3, -0.25) is 0 Å². The number of halogens is 1. The minimum absolute atomic E-state index is 0.372. The first-order valence-electron chi connectivity index (χ1n) is 8.67. The Balaban J connectivity index is 2.26. The summed E-state index contributed by atoms with van der Waals surface area (Å²) in [5, 5.41) is 0. The standard InChI is InChI=1S/C22H26IN2/c1-5-6-13-18(3)24-22(20-14-8-7-9-15-20)25-19(4)23-21-16-11-10-12-17(21)2/h7-12,14-16H,4-6,13H2,1-3H3/q-1/b24-18?,25-22-. The van der Waals surface area contributed by atoms with Crippen molar-refractivity contribution in [3.8, 4) is 0 Å². The Morgan fingerprint density at radius 3 is 2.36 bits per heavy atom. The van der Waals surface area contributed by atoms with Crippen LogP contribution in [0, 0.1) is 10.5 Å². The molecule has 0 atom stereocenters. The topological polar surface area (TPSA) is 24.7 Å². The Morgan fingerprint density at radius 2 is 1.68 bits per heavy atom. The predicted molar refractivity (Wildman–Crippen MR) is 105 cm³/mol. The van der Waals surface area contributed by atoms with E-state index in [0.29, 0.717) is 0 Å². The van der Waals surface area contributed by atoms with Crippen molar-refractivity contribution in [3.63, 3.8) is 0 Å². The number of amidine groups is 1. The summed E-state index contributed by atoms with van der Waals surface area (Å²) >= 11 is -0.372. The molecule has 0 unspecified atom stereocenters. The molecular formula is C22H26IN2-. The maximum atomic E-state index is 4.81. The van der Waals surface area contributed by atoms with Gasteiger partial charge in [0.15, 0.2) is 0 Å². The van der Waals surface area contributed by atoms with Crippen molar-refractivity contribution in [3.05, 3.63) is 79.6 Å². The summed E-state index contributed by atoms with van der Waals surface area (Å²) in [4.78, 5) is 9.63. The molecule has 2 rings (SSSR count). The summed E-state index contributed by atoms with van der Waals surface area (Å²) < 4.78 is 2.31. The third kappa shape index (κ3) is 6.58. The fraction of sp³-hybridized carbons (Fsp3) is 0.273. The van der Waals surface area contributed by atoms with Gasteiger partial charge < -0.3 is 0 Å². The predicted octanol–water partition coefficient (Wildman–Crippen LogP) is 2.82. The summed E-state index contributed by atoms with van der Waals surface area (Å²) in [5.41, 5.74) is 3.50. The van der Waals surface area contributed by atoms with Crippen LogP contribution in [0.4, 0.5) is 0 Å². The number of nitrogens with zero attached hydrogens (tertiary/aromatic N) is 2. The van der Waals surface area contributed by atoms with Gasteiger partial charge in [0.05, 0.1) is 0 Å². The van der Waals surface area contributed by atoms with Crippen molar-refractivity contribution >= 4 is 11.5 Å². The molecule has 0 saturated carbocycles. The normalized spacial score (nSPS) is 12.4. The molecule has 0 radical (unpaired) electrons. The second-order valence-electron chi connectivity index (χ2n) is 5.97. The number of benzene rings is 2. The van der Waals surface area contributed by atoms with E-state index >= 15 is 0 Å². The third-order valence-electron chi connectivity index (χ3n) is 3.74. The van der Waals surface area contributed by atoms with Crippen LogP contribution in [0.25, 0.3) is 0 Å². The zero-order valence-electron chi connectivity index (χ0n) is 15.3. The van der Waals surface area contributed by atoms with Crippen LogP contribution in [0.2, 0.25) is 0 Å². The molecule has 0 fully saturated rings. The van der Waals surface area contributed by atoms with Gasteiger partial charge in [0.1, 0.15) is 0 Å². The Hall–Kier alpha value is -1.75. The zero-order chi connectivity index (χ0) is 18.1. The van der Waals surface area contributed by atoms with Crippen molar-refractivity contribution in [2.75, 3.05) is 0 Å². The minimum atomic E-state index is -0.372. The molecule has 0 bridgehead atoms. The van der Waals surface area contributed by atoms with E-state index in [1.165, 1.54) is 15.6 Å². The molecule has 132 valence electrons. The molecule has 0 N–H and O–H groups in total. The van der Waals surface area contributed by atoms with Crippen molar-refractivity contribution in [2.45, 2.75) is 40.0 Å². The molecule has 2 aromatic carbocycles. The Kier molecular flexibility index (Phi) is 8.06.